The van der Waals surface area contributed by atoms with Gasteiger partial charge in [-0.15, -0.1) is 0 Å². The number of amides is 2. The van der Waals surface area contributed by atoms with Gasteiger partial charge in [0.05, 0.1) is 6.04 Å². The molecule has 2 rings (SSSR count). The number of carbonyl (C=O) groups is 2. The normalized spacial score (nSPS) is 11.8. The number of nitrogens with zero attached hydrogens (tertiary/aromatic N) is 1. The number of rotatable bonds is 7. The summed E-state index contributed by atoms with van der Waals surface area (Å²) < 4.78 is 0. The van der Waals surface area contributed by atoms with Crippen molar-refractivity contribution in [3.8, 4) is 0 Å². The Labute approximate surface area is 161 Å². The van der Waals surface area contributed by atoms with Crippen LogP contribution in [0.2, 0.25) is 10.0 Å². The van der Waals surface area contributed by atoms with Crippen LogP contribution in [0.15, 0.2) is 35.0 Å². The molecule has 2 aromatic rings. The molecule has 0 saturated carbocycles. The van der Waals surface area contributed by atoms with Crippen LogP contribution >= 0.6 is 34.5 Å². The van der Waals surface area contributed by atoms with Gasteiger partial charge in [0.25, 0.3) is 5.91 Å². The van der Waals surface area contributed by atoms with Crippen LogP contribution in [-0.2, 0) is 4.79 Å². The van der Waals surface area contributed by atoms with Crippen molar-refractivity contribution in [1.29, 1.82) is 0 Å². The third-order valence-corrected chi connectivity index (χ3v) is 5.27. The van der Waals surface area contributed by atoms with Gasteiger partial charge in [0.1, 0.15) is 0 Å². The van der Waals surface area contributed by atoms with Crippen molar-refractivity contribution in [2.45, 2.75) is 25.8 Å². The number of benzene rings is 1. The molecule has 0 radical (unpaired) electrons. The predicted molar refractivity (Wildman–Crippen MR) is 104 cm³/mol. The van der Waals surface area contributed by atoms with Crippen LogP contribution in [0.1, 0.15) is 41.7 Å². The summed E-state index contributed by atoms with van der Waals surface area (Å²) in [6, 6.07) is 6.89. The molecule has 0 unspecified atom stereocenters. The van der Waals surface area contributed by atoms with Crippen molar-refractivity contribution in [3.05, 3.63) is 56.2 Å². The zero-order chi connectivity index (χ0) is 18.4. The summed E-state index contributed by atoms with van der Waals surface area (Å²) in [7, 11) is 1.75. The van der Waals surface area contributed by atoms with E-state index in [-0.39, 0.29) is 17.9 Å². The first-order chi connectivity index (χ1) is 11.9. The number of hydrogen-bond donors (Lipinski definition) is 1. The molecule has 7 heteroatoms. The molecule has 0 aliphatic rings. The number of nitrogens with one attached hydrogen (secondary N) is 1. The van der Waals surface area contributed by atoms with Gasteiger partial charge >= 0.3 is 0 Å². The van der Waals surface area contributed by atoms with Gasteiger partial charge in [-0.05, 0) is 42.5 Å². The molecule has 2 amide bonds. The van der Waals surface area contributed by atoms with E-state index in [1.54, 1.807) is 35.5 Å². The highest BCUT2D eigenvalue weighted by atomic mass is 35.5. The van der Waals surface area contributed by atoms with Crippen LogP contribution in [0.4, 0.5) is 0 Å². The first kappa shape index (κ1) is 19.8. The summed E-state index contributed by atoms with van der Waals surface area (Å²) >= 11 is 13.6. The molecular weight excluding hydrogens is 379 g/mol. The lowest BCUT2D eigenvalue weighted by molar-refractivity contribution is -0.131. The minimum absolute atomic E-state index is 0.00305. The maximum absolute atomic E-state index is 12.4. The predicted octanol–water partition coefficient (Wildman–Crippen LogP) is 4.78. The van der Waals surface area contributed by atoms with E-state index in [2.05, 4.69) is 5.32 Å². The molecule has 1 aromatic heterocycles. The molecule has 1 heterocycles. The van der Waals surface area contributed by atoms with Crippen LogP contribution in [0, 0.1) is 0 Å². The minimum atomic E-state index is -0.155. The lowest BCUT2D eigenvalue weighted by Crippen LogP contribution is -2.31. The molecule has 1 aromatic carbocycles. The van der Waals surface area contributed by atoms with E-state index in [0.717, 1.165) is 5.56 Å². The zero-order valence-corrected chi connectivity index (χ0v) is 16.4. The molecule has 0 saturated heterocycles. The highest BCUT2D eigenvalue weighted by molar-refractivity contribution is 7.08. The van der Waals surface area contributed by atoms with Gasteiger partial charge in [-0.25, -0.2) is 0 Å². The summed E-state index contributed by atoms with van der Waals surface area (Å²) in [4.78, 5) is 25.8. The Balaban J connectivity index is 1.80. The lowest BCUT2D eigenvalue weighted by atomic mass is 10.1. The SMILES string of the molecule is C[C@H](c1ccc(Cl)cc1Cl)N(C)C(=O)CCCNC(=O)c1ccsc1. The molecule has 0 spiro atoms. The fourth-order valence-corrected chi connectivity index (χ4v) is 3.58. The van der Waals surface area contributed by atoms with Crippen LogP contribution in [0.25, 0.3) is 0 Å². The zero-order valence-electron chi connectivity index (χ0n) is 14.1. The van der Waals surface area contributed by atoms with E-state index in [9.17, 15) is 9.59 Å². The van der Waals surface area contributed by atoms with Crippen LogP contribution < -0.4 is 5.32 Å². The second kappa shape index (κ2) is 9.22. The van der Waals surface area contributed by atoms with Gasteiger partial charge in [-0.1, -0.05) is 29.3 Å². The molecular formula is C18H20Cl2N2O2S. The summed E-state index contributed by atoms with van der Waals surface area (Å²) in [6.45, 7) is 2.38. The van der Waals surface area contributed by atoms with E-state index in [0.29, 0.717) is 35.0 Å². The van der Waals surface area contributed by atoms with E-state index < -0.39 is 0 Å². The van der Waals surface area contributed by atoms with E-state index in [1.807, 2.05) is 18.4 Å². The standard InChI is InChI=1S/C18H20Cl2N2O2S/c1-12(15-6-5-14(19)10-16(15)20)22(2)17(23)4-3-8-21-18(24)13-7-9-25-11-13/h5-7,9-12H,3-4,8H2,1-2H3,(H,21,24)/t12-/m1/s1. The average Bonchev–Trinajstić information content (AvgIpc) is 3.11. The molecule has 25 heavy (non-hydrogen) atoms. The second-order valence-electron chi connectivity index (χ2n) is 5.72. The van der Waals surface area contributed by atoms with Gasteiger partial charge in [-0.2, -0.15) is 11.3 Å². The summed E-state index contributed by atoms with van der Waals surface area (Å²) in [5, 5.41) is 7.58. The largest absolute Gasteiger partial charge is 0.352 e. The molecule has 0 bridgehead atoms. The van der Waals surface area contributed by atoms with Gasteiger partial charge in [0, 0.05) is 41.0 Å². The van der Waals surface area contributed by atoms with Gasteiger partial charge in [0.2, 0.25) is 5.91 Å². The molecule has 0 fully saturated rings. The number of hydrogen-bond acceptors (Lipinski definition) is 3. The lowest BCUT2D eigenvalue weighted by Gasteiger charge is -2.26. The topological polar surface area (TPSA) is 49.4 Å². The maximum Gasteiger partial charge on any atom is 0.252 e. The Morgan fingerprint density at radius 2 is 2.04 bits per heavy atom. The maximum atomic E-state index is 12.4. The minimum Gasteiger partial charge on any atom is -0.352 e. The van der Waals surface area contributed by atoms with Gasteiger partial charge in [-0.3, -0.25) is 9.59 Å². The smallest absolute Gasteiger partial charge is 0.252 e. The molecule has 1 atom stereocenters. The third kappa shape index (κ3) is 5.46. The van der Waals surface area contributed by atoms with E-state index >= 15 is 0 Å². The quantitative estimate of drug-likeness (QED) is 0.681. The number of thiophene rings is 1. The molecule has 4 nitrogen and oxygen atoms in total. The number of carbonyl (C=O) groups excluding carboxylic acids is 2. The second-order valence-corrected chi connectivity index (χ2v) is 7.34. The molecule has 134 valence electrons. The Hall–Kier alpha value is -1.56. The van der Waals surface area contributed by atoms with E-state index in [1.165, 1.54) is 11.3 Å². The van der Waals surface area contributed by atoms with Gasteiger partial charge in [0.15, 0.2) is 0 Å². The van der Waals surface area contributed by atoms with Crippen molar-refractivity contribution in [1.82, 2.24) is 10.2 Å². The summed E-state index contributed by atoms with van der Waals surface area (Å²) in [5.41, 5.74) is 1.51. The van der Waals surface area contributed by atoms with E-state index in [4.69, 9.17) is 23.2 Å². The fraction of sp³-hybridized carbons (Fsp3) is 0.333. The van der Waals surface area contributed by atoms with Crippen LogP contribution in [0.5, 0.6) is 0 Å². The van der Waals surface area contributed by atoms with Crippen molar-refractivity contribution in [2.24, 2.45) is 0 Å². The summed E-state index contributed by atoms with van der Waals surface area (Å²) in [6.07, 6.45) is 0.941. The highest BCUT2D eigenvalue weighted by Crippen LogP contribution is 2.29. The average molecular weight is 399 g/mol. The Morgan fingerprint density at radius 3 is 2.68 bits per heavy atom. The van der Waals surface area contributed by atoms with Crippen molar-refractivity contribution in [2.75, 3.05) is 13.6 Å². The van der Waals surface area contributed by atoms with Crippen molar-refractivity contribution in [3.63, 3.8) is 0 Å². The first-order valence-corrected chi connectivity index (χ1v) is 9.61. The number of halogens is 2. The Kier molecular flexibility index (Phi) is 7.29. The first-order valence-electron chi connectivity index (χ1n) is 7.91. The van der Waals surface area contributed by atoms with Crippen molar-refractivity contribution >= 4 is 46.4 Å². The van der Waals surface area contributed by atoms with Crippen LogP contribution in [-0.4, -0.2) is 30.3 Å². The van der Waals surface area contributed by atoms with Gasteiger partial charge < -0.3 is 10.2 Å². The monoisotopic (exact) mass is 398 g/mol. The Morgan fingerprint density at radius 1 is 1.28 bits per heavy atom. The molecule has 0 aliphatic carbocycles. The fourth-order valence-electron chi connectivity index (χ4n) is 2.38. The molecule has 0 aliphatic heterocycles. The summed E-state index contributed by atoms with van der Waals surface area (Å²) in [5.74, 6) is -0.105. The highest BCUT2D eigenvalue weighted by Gasteiger charge is 2.19. The van der Waals surface area contributed by atoms with Crippen LogP contribution in [0.3, 0.4) is 0 Å². The Bertz CT molecular complexity index is 735. The molecule has 1 N–H and O–H groups in total. The third-order valence-electron chi connectivity index (χ3n) is 4.02. The van der Waals surface area contributed by atoms with Crippen molar-refractivity contribution < 1.29 is 9.59 Å².